The number of aliphatic imine (C=N–C) groups is 8. The van der Waals surface area contributed by atoms with Gasteiger partial charge in [-0.15, -0.1) is 90.7 Å². The lowest BCUT2D eigenvalue weighted by molar-refractivity contribution is 0.491. The van der Waals surface area contributed by atoms with E-state index >= 15 is 0 Å². The monoisotopic (exact) mass is 2010 g/mol. The Hall–Kier alpha value is -10.5. The van der Waals surface area contributed by atoms with Crippen LogP contribution in [-0.4, -0.2) is 56.0 Å². The largest absolute Gasteiger partial charge is 0.464 e. The van der Waals surface area contributed by atoms with Gasteiger partial charge in [0.05, 0.1) is 64.3 Å². The summed E-state index contributed by atoms with van der Waals surface area (Å²) in [5.74, 6) is 4.80. The minimum absolute atomic E-state index is 0.0104. The van der Waals surface area contributed by atoms with Gasteiger partial charge in [0.2, 0.25) is 0 Å². The van der Waals surface area contributed by atoms with Crippen LogP contribution in [0, 0.1) is 104 Å². The number of guanidine groups is 2. The van der Waals surface area contributed by atoms with Gasteiger partial charge in [-0.2, -0.15) is 8.78 Å². The summed E-state index contributed by atoms with van der Waals surface area (Å²) in [5.41, 5.74) is 19.6. The molecule has 11 N–H and O–H groups in total. The maximum Gasteiger partial charge on any atom is 0.195 e. The fourth-order valence-electron chi connectivity index (χ4n) is 16.5. The van der Waals surface area contributed by atoms with Gasteiger partial charge in [0.1, 0.15) is 53.9 Å². The van der Waals surface area contributed by atoms with E-state index in [-0.39, 0.29) is 58.4 Å². The smallest absolute Gasteiger partial charge is 0.195 e. The Morgan fingerprint density at radius 2 is 0.978 bits per heavy atom. The standard InChI is InChI=1S/C13H11ClFN3S.C13H12ClN3S.C13H15ClN2S.2C13H18N2S.C12H8F2N2S.C12H12N2OS.C12H16N2S/c1-16-13-17-6-8(14)11(18-13)10-7-4-2-3-5-9(7)19-12(10)15;1-7-11(8-4-2-3-5-10(8)18-7)12-9(14)6-16-13(15)17-12;1-7-5-10(8(2)17-7)12-11(14)6-15-13(16-12)9-3-4-9;1-8(2)12-6-14-7-15-13(12)11-5-9(3)16-10(11)4;1-5-11-7-14-10(4)15-13(11)12-6-8(2)16-9(12)3;13-7-1-2-10-8(5-7)11(12(14)17-10)9-3-4-15-6-16-9;1-7-5-9(8(2)16-7)11-12-10(3-4-15-12)13-6-14-11;1-4-10-6-13-7-14-12(10)11-5-8(2)15-9(11)3/h2-6,11H,1H3,(H2,16,17,18);2-6,12H,1H3,(H3,15,16,17);5-6,9,12H,3-4H2,1-2H3,(H,15,16);5-8,13H,1-4H3,(H,14,15);6-7,13H,5H2,1-4H3,(H,14,15);1-6,9H,(H,15,16);3-6,11H,1-2H3,(H,13,14);5-7,12H,4H2,1-3H3,(H,13,14). The Labute approximate surface area is 828 Å². The number of aryl methyl sites for hydroxylation is 11. The van der Waals surface area contributed by atoms with E-state index < -0.39 is 6.04 Å². The van der Waals surface area contributed by atoms with E-state index in [9.17, 15) is 13.2 Å². The van der Waals surface area contributed by atoms with E-state index in [1.165, 1.54) is 140 Å². The minimum Gasteiger partial charge on any atom is -0.464 e. The van der Waals surface area contributed by atoms with Crippen LogP contribution in [0.5, 0.6) is 0 Å². The number of rotatable bonds is 12. The zero-order valence-electron chi connectivity index (χ0n) is 77.5. The molecule has 12 aromatic rings. The van der Waals surface area contributed by atoms with Crippen molar-refractivity contribution < 1.29 is 17.6 Å². The number of nitrogens with one attached hydrogen (secondary N) is 9. The fourth-order valence-corrected chi connectivity index (χ4v) is 24.9. The quantitative estimate of drug-likeness (QED) is 0.0551. The summed E-state index contributed by atoms with van der Waals surface area (Å²) >= 11 is 31.8. The molecule has 3 aromatic carbocycles. The molecular weight excluding hydrogens is 1900 g/mol. The number of fused-ring (bicyclic) bond motifs is 4. The molecule has 9 aromatic heterocycles. The maximum absolute atomic E-state index is 14.2. The van der Waals surface area contributed by atoms with Crippen LogP contribution in [0.1, 0.15) is 213 Å². The van der Waals surface area contributed by atoms with Crippen molar-refractivity contribution >= 4 is 210 Å². The molecule has 8 unspecified atom stereocenters. The van der Waals surface area contributed by atoms with Crippen molar-refractivity contribution in [2.45, 2.75) is 185 Å². The third-order valence-corrected chi connectivity index (χ3v) is 32.0. The molecule has 1 fully saturated rings. The van der Waals surface area contributed by atoms with Gasteiger partial charge in [-0.25, -0.2) is 9.38 Å². The van der Waals surface area contributed by atoms with Gasteiger partial charge in [0, 0.05) is 158 Å². The minimum atomic E-state index is -0.405. The molecule has 17 heterocycles. The number of hydrogen-bond donors (Lipinski definition) is 10. The number of nitrogens with two attached hydrogens (primary N) is 1. The Morgan fingerprint density at radius 3 is 1.56 bits per heavy atom. The molecule has 8 atom stereocenters. The van der Waals surface area contributed by atoms with Crippen LogP contribution in [-0.2, 0) is 0 Å². The highest BCUT2D eigenvalue weighted by atomic mass is 35.5. The number of halogens is 6. The summed E-state index contributed by atoms with van der Waals surface area (Å²) in [7, 11) is 1.65. The van der Waals surface area contributed by atoms with E-state index in [2.05, 4.69) is 243 Å². The summed E-state index contributed by atoms with van der Waals surface area (Å²) in [4.78, 5) is 50.4. The Balaban J connectivity index is 0.000000123. The number of amidine groups is 2. The average molecular weight is 2010 g/mol. The second-order valence-corrected chi connectivity index (χ2v) is 45.0. The molecule has 0 bridgehead atoms. The summed E-state index contributed by atoms with van der Waals surface area (Å²) in [6.07, 6.45) is 28.1. The molecule has 0 spiro atoms. The highest BCUT2D eigenvalue weighted by Crippen LogP contribution is 2.47. The third kappa shape index (κ3) is 23.9. The van der Waals surface area contributed by atoms with Crippen molar-refractivity contribution in [2.24, 2.45) is 57.5 Å². The topological polar surface area (TPSA) is 246 Å². The van der Waals surface area contributed by atoms with Gasteiger partial charge in [0.15, 0.2) is 27.9 Å². The number of nitrogens with zero attached hydrogens (tertiary/aromatic N) is 8. The molecule has 0 radical (unpaired) electrons. The molecule has 19 nitrogen and oxygen atoms in total. The SMILES string of the molecule is CCC1=CNC(C)=NC1c1cc(C)sc1C.CCC1=CNC=NC1c1cc(C)sc1C.CN=C1NC=C(Cl)C(c2c(F)sc3ccccc23)N1.Cc1cc(C2N=C(C3CC3)NC=C2Cl)c(C)s1.Cc1cc(C2N=CNC=C2C(C)C)c(C)s1.Cc1cc(C2N=CNc3ccoc32)c(C)s1.Cc1sc2ccccc2c1C1N=C(N)NC=C1Cl.Fc1ccc2sc(F)c(C3C=CNC=N3)c2c1. The average Bonchev–Trinajstić information content (AvgIpc) is 1.64. The Bertz CT molecular complexity index is 6750. The second kappa shape index (κ2) is 45.4. The van der Waals surface area contributed by atoms with Crippen LogP contribution >= 0.6 is 125 Å². The number of thiophene rings is 8. The number of benzene rings is 3. The summed E-state index contributed by atoms with van der Waals surface area (Å²) < 4.78 is 49.7. The lowest BCUT2D eigenvalue weighted by Gasteiger charge is -2.24. The van der Waals surface area contributed by atoms with Gasteiger partial charge in [0.25, 0.3) is 0 Å². The van der Waals surface area contributed by atoms with E-state index in [1.54, 1.807) is 85.7 Å². The first-order valence-corrected chi connectivity index (χ1v) is 51.7. The summed E-state index contributed by atoms with van der Waals surface area (Å²) in [6, 6.07) is 33.0. The summed E-state index contributed by atoms with van der Waals surface area (Å²) in [5, 5.41) is 31.4. The second-order valence-electron chi connectivity index (χ2n) is 33.1. The first-order valence-electron chi connectivity index (χ1n) is 44.1. The van der Waals surface area contributed by atoms with Crippen molar-refractivity contribution in [3.63, 3.8) is 0 Å². The molecular formula is C101H110Cl3F3N18OS8. The van der Waals surface area contributed by atoms with Crippen molar-refractivity contribution in [3.05, 3.63) is 311 Å². The molecule has 33 heteroatoms. The first kappa shape index (κ1) is 99.5. The van der Waals surface area contributed by atoms with Gasteiger partial charge in [-0.1, -0.05) is 98.9 Å². The van der Waals surface area contributed by atoms with E-state index in [0.29, 0.717) is 50.3 Å². The van der Waals surface area contributed by atoms with Crippen molar-refractivity contribution in [1.82, 2.24) is 42.5 Å². The van der Waals surface area contributed by atoms with Gasteiger partial charge >= 0.3 is 0 Å². The van der Waals surface area contributed by atoms with Gasteiger partial charge < -0.3 is 58.0 Å². The third-order valence-electron chi connectivity index (χ3n) is 23.1. The molecule has 21 rings (SSSR count). The highest BCUT2D eigenvalue weighted by molar-refractivity contribution is 7.19. The predicted octanol–water partition coefficient (Wildman–Crippen LogP) is 28.0. The van der Waals surface area contributed by atoms with Crippen molar-refractivity contribution in [3.8, 4) is 0 Å². The zero-order valence-corrected chi connectivity index (χ0v) is 86.3. The van der Waals surface area contributed by atoms with Crippen LogP contribution in [0.4, 0.5) is 18.9 Å². The number of anilines is 1. The van der Waals surface area contributed by atoms with E-state index in [1.807, 2.05) is 101 Å². The lowest BCUT2D eigenvalue weighted by Crippen LogP contribution is -2.41. The number of furan rings is 1. The molecule has 8 aliphatic heterocycles. The van der Waals surface area contributed by atoms with E-state index in [4.69, 9.17) is 54.9 Å². The molecule has 134 heavy (non-hydrogen) atoms. The highest BCUT2D eigenvalue weighted by Gasteiger charge is 2.34. The fraction of sp³-hybridized carbons (Fsp3) is 0.307. The van der Waals surface area contributed by atoms with Crippen LogP contribution in [0.2, 0.25) is 0 Å². The van der Waals surface area contributed by atoms with E-state index in [0.717, 1.165) is 84.0 Å². The number of hydrogen-bond acceptors (Lipinski definition) is 25. The van der Waals surface area contributed by atoms with Crippen LogP contribution < -0.4 is 53.6 Å². The van der Waals surface area contributed by atoms with Crippen LogP contribution in [0.25, 0.3) is 30.3 Å². The predicted molar refractivity (Wildman–Crippen MR) is 570 cm³/mol. The van der Waals surface area contributed by atoms with Crippen molar-refractivity contribution in [2.75, 3.05) is 12.4 Å². The maximum atomic E-state index is 14.2. The molecule has 1 aliphatic carbocycles. The van der Waals surface area contributed by atoms with Gasteiger partial charge in [-0.3, -0.25) is 34.9 Å². The van der Waals surface area contributed by atoms with Crippen LogP contribution in [0.3, 0.4) is 0 Å². The molecule has 700 valence electrons. The Morgan fingerprint density at radius 1 is 0.463 bits per heavy atom. The first-order chi connectivity index (χ1) is 64.4. The molecule has 9 aliphatic rings. The normalized spacial score (nSPS) is 20.2. The molecule has 0 saturated heterocycles. The lowest BCUT2D eigenvalue weighted by atomic mass is 9.91. The van der Waals surface area contributed by atoms with Gasteiger partial charge in [-0.05, 0) is 231 Å². The van der Waals surface area contributed by atoms with Crippen molar-refractivity contribution in [1.29, 1.82) is 0 Å². The Kier molecular flexibility index (Phi) is 33.7. The summed E-state index contributed by atoms with van der Waals surface area (Å²) in [6.45, 7) is 34.5. The van der Waals surface area contributed by atoms with Crippen LogP contribution in [0.15, 0.2) is 235 Å². The zero-order chi connectivity index (χ0) is 95.3. The molecule has 1 saturated carbocycles. The molecule has 0 amide bonds.